The zero-order valence-corrected chi connectivity index (χ0v) is 13.2. The second kappa shape index (κ2) is 6.00. The molecule has 0 saturated heterocycles. The molecular weight excluding hydrogens is 280 g/mol. The molecule has 2 heterocycles. The van der Waals surface area contributed by atoms with E-state index < -0.39 is 0 Å². The Balaban J connectivity index is 1.66. The first-order valence-corrected chi connectivity index (χ1v) is 8.13. The lowest BCUT2D eigenvalue weighted by molar-refractivity contribution is -0.118. The number of nitrogens with one attached hydrogen (secondary N) is 2. The second-order valence-corrected chi connectivity index (χ2v) is 6.91. The van der Waals surface area contributed by atoms with Crippen molar-refractivity contribution >= 4 is 22.9 Å². The maximum absolute atomic E-state index is 12.3. The van der Waals surface area contributed by atoms with Crippen molar-refractivity contribution in [3.05, 3.63) is 51.2 Å². The SMILES string of the molecule is Cc1cc(CNC2CCc3ccccc3NC2=O)sc1C. The highest BCUT2D eigenvalue weighted by Gasteiger charge is 2.22. The number of fused-ring (bicyclic) bond motifs is 1. The molecule has 1 aromatic carbocycles. The molecule has 0 bridgehead atoms. The summed E-state index contributed by atoms with van der Waals surface area (Å²) >= 11 is 1.80. The molecule has 1 aliphatic rings. The number of carbonyl (C=O) groups is 1. The van der Waals surface area contributed by atoms with E-state index in [1.807, 2.05) is 18.2 Å². The number of hydrogen-bond acceptors (Lipinski definition) is 3. The molecule has 2 aromatic rings. The van der Waals surface area contributed by atoms with E-state index in [9.17, 15) is 4.79 Å². The summed E-state index contributed by atoms with van der Waals surface area (Å²) in [5.74, 6) is 0.0740. The Hall–Kier alpha value is -1.65. The van der Waals surface area contributed by atoms with E-state index in [1.165, 1.54) is 20.9 Å². The predicted octanol–water partition coefficient (Wildman–Crippen LogP) is 3.41. The molecule has 1 atom stereocenters. The van der Waals surface area contributed by atoms with Gasteiger partial charge in [-0.25, -0.2) is 0 Å². The highest BCUT2D eigenvalue weighted by atomic mass is 32.1. The van der Waals surface area contributed by atoms with E-state index in [0.29, 0.717) is 0 Å². The molecule has 3 rings (SSSR count). The Bertz CT molecular complexity index is 643. The number of anilines is 1. The van der Waals surface area contributed by atoms with Crippen LogP contribution in [-0.2, 0) is 17.8 Å². The largest absolute Gasteiger partial charge is 0.324 e. The topological polar surface area (TPSA) is 41.1 Å². The molecule has 0 fully saturated rings. The van der Waals surface area contributed by atoms with Crippen LogP contribution in [0.4, 0.5) is 5.69 Å². The van der Waals surface area contributed by atoms with Gasteiger partial charge in [-0.15, -0.1) is 11.3 Å². The molecule has 21 heavy (non-hydrogen) atoms. The number of rotatable bonds is 3. The highest BCUT2D eigenvalue weighted by molar-refractivity contribution is 7.12. The van der Waals surface area contributed by atoms with Gasteiger partial charge in [-0.2, -0.15) is 0 Å². The van der Waals surface area contributed by atoms with Crippen molar-refractivity contribution in [1.82, 2.24) is 5.32 Å². The minimum Gasteiger partial charge on any atom is -0.324 e. The van der Waals surface area contributed by atoms with Gasteiger partial charge in [0, 0.05) is 22.0 Å². The van der Waals surface area contributed by atoms with Crippen LogP contribution in [0.3, 0.4) is 0 Å². The molecule has 1 amide bonds. The first kappa shape index (κ1) is 14.3. The first-order chi connectivity index (χ1) is 10.1. The van der Waals surface area contributed by atoms with Crippen LogP contribution in [0.1, 0.15) is 27.3 Å². The maximum atomic E-state index is 12.3. The summed E-state index contributed by atoms with van der Waals surface area (Å²) < 4.78 is 0. The summed E-state index contributed by atoms with van der Waals surface area (Å²) in [5.41, 5.74) is 3.50. The molecule has 0 saturated carbocycles. The third-order valence-electron chi connectivity index (χ3n) is 4.03. The van der Waals surface area contributed by atoms with E-state index in [0.717, 1.165) is 25.1 Å². The lowest BCUT2D eigenvalue weighted by Gasteiger charge is -2.14. The van der Waals surface area contributed by atoms with Crippen molar-refractivity contribution < 1.29 is 4.79 Å². The van der Waals surface area contributed by atoms with Crippen LogP contribution in [0.25, 0.3) is 0 Å². The van der Waals surface area contributed by atoms with Crippen molar-refractivity contribution in [2.45, 2.75) is 39.3 Å². The van der Waals surface area contributed by atoms with Crippen LogP contribution < -0.4 is 10.6 Å². The van der Waals surface area contributed by atoms with Gasteiger partial charge < -0.3 is 10.6 Å². The van der Waals surface area contributed by atoms with Crippen LogP contribution in [0, 0.1) is 13.8 Å². The monoisotopic (exact) mass is 300 g/mol. The van der Waals surface area contributed by atoms with Gasteiger partial charge in [0.2, 0.25) is 5.91 Å². The van der Waals surface area contributed by atoms with Gasteiger partial charge in [0.25, 0.3) is 0 Å². The Morgan fingerprint density at radius 3 is 2.90 bits per heavy atom. The number of aryl methyl sites for hydroxylation is 3. The molecule has 2 N–H and O–H groups in total. The van der Waals surface area contributed by atoms with Crippen molar-refractivity contribution in [1.29, 1.82) is 0 Å². The maximum Gasteiger partial charge on any atom is 0.241 e. The van der Waals surface area contributed by atoms with Crippen molar-refractivity contribution in [2.24, 2.45) is 0 Å². The number of carbonyl (C=O) groups excluding carboxylic acids is 1. The van der Waals surface area contributed by atoms with E-state index in [2.05, 4.69) is 36.6 Å². The summed E-state index contributed by atoms with van der Waals surface area (Å²) in [7, 11) is 0. The standard InChI is InChI=1S/C17H20N2OS/c1-11-9-14(21-12(11)2)10-18-16-8-7-13-5-3-4-6-15(13)19-17(16)20/h3-6,9,16,18H,7-8,10H2,1-2H3,(H,19,20). The molecule has 4 heteroatoms. The summed E-state index contributed by atoms with van der Waals surface area (Å²) in [4.78, 5) is 14.9. The fraction of sp³-hybridized carbons (Fsp3) is 0.353. The number of benzene rings is 1. The summed E-state index contributed by atoms with van der Waals surface area (Å²) in [6.07, 6.45) is 1.77. The molecule has 0 spiro atoms. The first-order valence-electron chi connectivity index (χ1n) is 7.31. The van der Waals surface area contributed by atoms with Crippen LogP contribution in [-0.4, -0.2) is 11.9 Å². The molecule has 1 unspecified atom stereocenters. The number of para-hydroxylation sites is 1. The van der Waals surface area contributed by atoms with E-state index in [4.69, 9.17) is 0 Å². The predicted molar refractivity (Wildman–Crippen MR) is 87.8 cm³/mol. The van der Waals surface area contributed by atoms with E-state index >= 15 is 0 Å². The quantitative estimate of drug-likeness (QED) is 0.912. The number of thiophene rings is 1. The smallest absolute Gasteiger partial charge is 0.241 e. The van der Waals surface area contributed by atoms with Crippen molar-refractivity contribution in [2.75, 3.05) is 5.32 Å². The van der Waals surface area contributed by atoms with Crippen LogP contribution >= 0.6 is 11.3 Å². The third kappa shape index (κ3) is 3.17. The Labute approximate surface area is 129 Å². The van der Waals surface area contributed by atoms with Gasteiger partial charge in [-0.3, -0.25) is 4.79 Å². The summed E-state index contributed by atoms with van der Waals surface area (Å²) in [6, 6.07) is 10.1. The number of hydrogen-bond donors (Lipinski definition) is 2. The van der Waals surface area contributed by atoms with Gasteiger partial charge in [-0.1, -0.05) is 18.2 Å². The van der Waals surface area contributed by atoms with E-state index in [-0.39, 0.29) is 11.9 Å². The molecule has 110 valence electrons. The fourth-order valence-corrected chi connectivity index (χ4v) is 3.67. The van der Waals surface area contributed by atoms with Gasteiger partial charge in [-0.05, 0) is 49.9 Å². The minimum absolute atomic E-state index is 0.0740. The second-order valence-electron chi connectivity index (χ2n) is 5.57. The molecule has 0 aliphatic carbocycles. The van der Waals surface area contributed by atoms with Crippen LogP contribution in [0.2, 0.25) is 0 Å². The minimum atomic E-state index is -0.125. The lowest BCUT2D eigenvalue weighted by atomic mass is 10.1. The molecular formula is C17H20N2OS. The Morgan fingerprint density at radius 2 is 2.14 bits per heavy atom. The highest BCUT2D eigenvalue weighted by Crippen LogP contribution is 2.23. The average Bonchev–Trinajstić information content (AvgIpc) is 2.69. The average molecular weight is 300 g/mol. The van der Waals surface area contributed by atoms with Crippen molar-refractivity contribution in [3.63, 3.8) is 0 Å². The molecule has 1 aliphatic heterocycles. The normalized spacial score (nSPS) is 18.0. The summed E-state index contributed by atoms with van der Waals surface area (Å²) in [5, 5.41) is 6.43. The summed E-state index contributed by atoms with van der Waals surface area (Å²) in [6.45, 7) is 5.02. The fourth-order valence-electron chi connectivity index (χ4n) is 2.67. The Morgan fingerprint density at radius 1 is 1.33 bits per heavy atom. The third-order valence-corrected chi connectivity index (χ3v) is 5.19. The van der Waals surface area contributed by atoms with Gasteiger partial charge in [0.15, 0.2) is 0 Å². The van der Waals surface area contributed by atoms with Crippen molar-refractivity contribution in [3.8, 4) is 0 Å². The van der Waals surface area contributed by atoms with Gasteiger partial charge in [0.05, 0.1) is 6.04 Å². The van der Waals surface area contributed by atoms with E-state index in [1.54, 1.807) is 11.3 Å². The molecule has 3 nitrogen and oxygen atoms in total. The van der Waals surface area contributed by atoms with Crippen LogP contribution in [0.5, 0.6) is 0 Å². The van der Waals surface area contributed by atoms with Gasteiger partial charge in [0.1, 0.15) is 0 Å². The van der Waals surface area contributed by atoms with Crippen LogP contribution in [0.15, 0.2) is 30.3 Å². The Kier molecular flexibility index (Phi) is 4.08. The zero-order chi connectivity index (χ0) is 14.8. The molecule has 1 aromatic heterocycles. The molecule has 0 radical (unpaired) electrons. The number of amides is 1. The zero-order valence-electron chi connectivity index (χ0n) is 12.4. The van der Waals surface area contributed by atoms with Gasteiger partial charge >= 0.3 is 0 Å². The lowest BCUT2D eigenvalue weighted by Crippen LogP contribution is -2.39.